The number of ether oxygens (including phenoxy) is 1. The molecule has 0 spiro atoms. The van der Waals surface area contributed by atoms with Gasteiger partial charge in [-0.05, 0) is 49.4 Å². The van der Waals surface area contributed by atoms with Gasteiger partial charge in [-0.15, -0.1) is 0 Å². The maximum absolute atomic E-state index is 13.0. The zero-order valence-corrected chi connectivity index (χ0v) is 15.3. The molecule has 0 aliphatic heterocycles. The van der Waals surface area contributed by atoms with E-state index < -0.39 is 0 Å². The van der Waals surface area contributed by atoms with E-state index in [1.165, 1.54) is 10.9 Å². The van der Waals surface area contributed by atoms with Crippen LogP contribution in [0.5, 0.6) is 5.75 Å². The molecule has 1 aliphatic rings. The van der Waals surface area contributed by atoms with Gasteiger partial charge in [0.25, 0.3) is 0 Å². The second-order valence-electron chi connectivity index (χ2n) is 7.07. The van der Waals surface area contributed by atoms with Crippen LogP contribution in [0, 0.1) is 6.92 Å². The molecule has 2 aromatic carbocycles. The van der Waals surface area contributed by atoms with Crippen molar-refractivity contribution in [3.8, 4) is 5.75 Å². The number of hydrogen-bond acceptors (Lipinski definition) is 2. The Balaban J connectivity index is 1.50. The minimum Gasteiger partial charge on any atom is -0.496 e. The summed E-state index contributed by atoms with van der Waals surface area (Å²) in [4.78, 5) is 16.4. The minimum absolute atomic E-state index is 0.139. The van der Waals surface area contributed by atoms with Gasteiger partial charge < -0.3 is 15.0 Å². The number of aromatic amines is 1. The lowest BCUT2D eigenvalue weighted by Crippen LogP contribution is -2.36. The van der Waals surface area contributed by atoms with Gasteiger partial charge in [0, 0.05) is 23.1 Å². The molecule has 0 unspecified atom stereocenters. The lowest BCUT2D eigenvalue weighted by atomic mass is 9.92. The van der Waals surface area contributed by atoms with Gasteiger partial charge in [0.15, 0.2) is 0 Å². The summed E-state index contributed by atoms with van der Waals surface area (Å²) in [6.07, 6.45) is 2.59. The number of amides is 1. The van der Waals surface area contributed by atoms with Crippen molar-refractivity contribution in [2.24, 2.45) is 0 Å². The second-order valence-corrected chi connectivity index (χ2v) is 7.07. The molecule has 1 saturated carbocycles. The van der Waals surface area contributed by atoms with Crippen molar-refractivity contribution in [1.82, 2.24) is 10.3 Å². The standard InChI is InChI=1S/C22H24N2O2/c1-15-20(17-8-4-5-9-18(17)24-15)22(12-13-22)21(25)23-14-11-16-7-3-6-10-19(16)26-2/h3-10,24H,11-14H2,1-2H3,(H,23,25). The van der Waals surface area contributed by atoms with Crippen LogP contribution in [0.15, 0.2) is 48.5 Å². The molecule has 1 amide bonds. The molecule has 0 saturated heterocycles. The summed E-state index contributed by atoms with van der Waals surface area (Å²) in [5.74, 6) is 1.01. The highest BCUT2D eigenvalue weighted by Crippen LogP contribution is 2.51. The third kappa shape index (κ3) is 2.75. The number of methoxy groups -OCH3 is 1. The number of H-pyrrole nitrogens is 1. The Morgan fingerprint density at radius 1 is 1.15 bits per heavy atom. The Hall–Kier alpha value is -2.75. The highest BCUT2D eigenvalue weighted by Gasteiger charge is 2.53. The van der Waals surface area contributed by atoms with E-state index in [9.17, 15) is 4.79 Å². The quantitative estimate of drug-likeness (QED) is 0.710. The second kappa shape index (κ2) is 6.52. The van der Waals surface area contributed by atoms with Crippen LogP contribution in [0.1, 0.15) is 29.7 Å². The van der Waals surface area contributed by atoms with E-state index in [0.29, 0.717) is 6.54 Å². The van der Waals surface area contributed by atoms with Gasteiger partial charge in [-0.3, -0.25) is 4.79 Å². The van der Waals surface area contributed by atoms with Crippen LogP contribution in [-0.2, 0) is 16.6 Å². The fourth-order valence-corrected chi connectivity index (χ4v) is 4.00. The van der Waals surface area contributed by atoms with E-state index in [1.54, 1.807) is 7.11 Å². The largest absolute Gasteiger partial charge is 0.496 e. The molecule has 1 fully saturated rings. The van der Waals surface area contributed by atoms with E-state index >= 15 is 0 Å². The first-order valence-corrected chi connectivity index (χ1v) is 9.14. The van der Waals surface area contributed by atoms with Gasteiger partial charge in [-0.1, -0.05) is 36.4 Å². The zero-order chi connectivity index (χ0) is 18.1. The highest BCUT2D eigenvalue weighted by molar-refractivity contribution is 5.98. The molecular weight excluding hydrogens is 324 g/mol. The van der Waals surface area contributed by atoms with Crippen LogP contribution < -0.4 is 10.1 Å². The van der Waals surface area contributed by atoms with Gasteiger partial charge in [0.2, 0.25) is 5.91 Å². The summed E-state index contributed by atoms with van der Waals surface area (Å²) in [6.45, 7) is 2.68. The number of nitrogens with one attached hydrogen (secondary N) is 2. The summed E-state index contributed by atoms with van der Waals surface area (Å²) in [5, 5.41) is 4.33. The van der Waals surface area contributed by atoms with Crippen LogP contribution in [0.3, 0.4) is 0 Å². The average Bonchev–Trinajstić information content (AvgIpc) is 3.38. The first-order valence-electron chi connectivity index (χ1n) is 9.14. The zero-order valence-electron chi connectivity index (χ0n) is 15.3. The molecule has 2 N–H and O–H groups in total. The normalized spacial score (nSPS) is 15.0. The van der Waals surface area contributed by atoms with Gasteiger partial charge in [-0.2, -0.15) is 0 Å². The molecule has 1 aromatic heterocycles. The topological polar surface area (TPSA) is 54.1 Å². The van der Waals surface area contributed by atoms with Crippen LogP contribution in [-0.4, -0.2) is 24.5 Å². The molecule has 4 rings (SSSR count). The Labute approximate surface area is 153 Å². The van der Waals surface area contributed by atoms with Gasteiger partial charge in [0.1, 0.15) is 5.75 Å². The van der Waals surface area contributed by atoms with E-state index in [0.717, 1.165) is 41.8 Å². The first kappa shape index (κ1) is 16.7. The highest BCUT2D eigenvalue weighted by atomic mass is 16.5. The molecule has 3 aromatic rings. The SMILES string of the molecule is COc1ccccc1CCNC(=O)C1(c2c(C)[nH]c3ccccc23)CC1. The number of aryl methyl sites for hydroxylation is 1. The molecule has 26 heavy (non-hydrogen) atoms. The van der Waals surface area contributed by atoms with Crippen molar-refractivity contribution in [3.05, 3.63) is 65.4 Å². The van der Waals surface area contributed by atoms with Gasteiger partial charge in [-0.25, -0.2) is 0 Å². The molecular formula is C22H24N2O2. The number of aromatic nitrogens is 1. The lowest BCUT2D eigenvalue weighted by Gasteiger charge is -2.17. The Bertz CT molecular complexity index is 954. The maximum Gasteiger partial charge on any atom is 0.230 e. The van der Waals surface area contributed by atoms with Crippen molar-refractivity contribution >= 4 is 16.8 Å². The third-order valence-corrected chi connectivity index (χ3v) is 5.43. The van der Waals surface area contributed by atoms with Gasteiger partial charge in [0.05, 0.1) is 12.5 Å². The fourth-order valence-electron chi connectivity index (χ4n) is 4.00. The molecule has 134 valence electrons. The van der Waals surface area contributed by atoms with Crippen LogP contribution in [0.2, 0.25) is 0 Å². The van der Waals surface area contributed by atoms with Crippen molar-refractivity contribution in [2.75, 3.05) is 13.7 Å². The predicted octanol–water partition coefficient (Wildman–Crippen LogP) is 3.88. The average molecular weight is 348 g/mol. The summed E-state index contributed by atoms with van der Waals surface area (Å²) in [7, 11) is 1.68. The van der Waals surface area contributed by atoms with Crippen LogP contribution in [0.4, 0.5) is 0 Å². The Kier molecular flexibility index (Phi) is 4.19. The van der Waals surface area contributed by atoms with Crippen molar-refractivity contribution < 1.29 is 9.53 Å². The van der Waals surface area contributed by atoms with Crippen LogP contribution >= 0.6 is 0 Å². The Morgan fingerprint density at radius 3 is 2.65 bits per heavy atom. The summed E-state index contributed by atoms with van der Waals surface area (Å²) >= 11 is 0. The molecule has 4 heteroatoms. The number of para-hydroxylation sites is 2. The van der Waals surface area contributed by atoms with Crippen molar-refractivity contribution in [2.45, 2.75) is 31.6 Å². The van der Waals surface area contributed by atoms with Crippen molar-refractivity contribution in [1.29, 1.82) is 0 Å². The fraction of sp³-hybridized carbons (Fsp3) is 0.318. The first-order chi connectivity index (χ1) is 12.7. The molecule has 0 radical (unpaired) electrons. The molecule has 1 heterocycles. The van der Waals surface area contributed by atoms with Crippen molar-refractivity contribution in [3.63, 3.8) is 0 Å². The summed E-state index contributed by atoms with van der Waals surface area (Å²) in [5.41, 5.74) is 4.12. The monoisotopic (exact) mass is 348 g/mol. The predicted molar refractivity (Wildman–Crippen MR) is 104 cm³/mol. The molecule has 0 bridgehead atoms. The molecule has 4 nitrogen and oxygen atoms in total. The number of carbonyl (C=O) groups is 1. The third-order valence-electron chi connectivity index (χ3n) is 5.43. The number of hydrogen-bond donors (Lipinski definition) is 2. The minimum atomic E-state index is -0.371. The number of benzene rings is 2. The van der Waals surface area contributed by atoms with E-state index in [2.05, 4.69) is 29.4 Å². The maximum atomic E-state index is 13.0. The smallest absolute Gasteiger partial charge is 0.230 e. The summed E-state index contributed by atoms with van der Waals surface area (Å²) < 4.78 is 5.39. The van der Waals surface area contributed by atoms with E-state index in [4.69, 9.17) is 4.74 Å². The number of carbonyl (C=O) groups excluding carboxylic acids is 1. The number of fused-ring (bicyclic) bond motifs is 1. The van der Waals surface area contributed by atoms with Gasteiger partial charge >= 0.3 is 0 Å². The summed E-state index contributed by atoms with van der Waals surface area (Å²) in [6, 6.07) is 16.2. The van der Waals surface area contributed by atoms with E-state index in [1.807, 2.05) is 36.4 Å². The number of rotatable bonds is 6. The molecule has 0 atom stereocenters. The van der Waals surface area contributed by atoms with Crippen LogP contribution in [0.25, 0.3) is 10.9 Å². The Morgan fingerprint density at radius 2 is 1.88 bits per heavy atom. The molecule has 1 aliphatic carbocycles. The van der Waals surface area contributed by atoms with E-state index in [-0.39, 0.29) is 11.3 Å². The lowest BCUT2D eigenvalue weighted by molar-refractivity contribution is -0.123.